The second-order valence-electron chi connectivity index (χ2n) is 6.81. The molecule has 34 heavy (non-hydrogen) atoms. The highest BCUT2D eigenvalue weighted by Crippen LogP contribution is 2.34. The number of benzene rings is 2. The van der Waals surface area contributed by atoms with E-state index in [4.69, 9.17) is 18.9 Å². The molecule has 0 aliphatic carbocycles. The molecule has 0 radical (unpaired) electrons. The number of ether oxygens (including phenoxy) is 4. The zero-order valence-corrected chi connectivity index (χ0v) is 19.4. The summed E-state index contributed by atoms with van der Waals surface area (Å²) in [7, 11) is 2.39. The highest BCUT2D eigenvalue weighted by Gasteiger charge is 2.27. The Kier molecular flexibility index (Phi) is 7.99. The topological polar surface area (TPSA) is 117 Å². The van der Waals surface area contributed by atoms with E-state index >= 15 is 0 Å². The summed E-state index contributed by atoms with van der Waals surface area (Å²) in [6, 6.07) is 15.4. The normalized spacial score (nSPS) is 10.2. The molecule has 1 N–H and O–H groups in total. The molecular weight excluding hydrogens is 462 g/mol. The number of anilines is 1. The number of thiophene rings is 1. The number of amides is 1. The van der Waals surface area contributed by atoms with Gasteiger partial charge in [0.25, 0.3) is 5.91 Å². The third-order valence-corrected chi connectivity index (χ3v) is 5.73. The molecule has 0 aliphatic heterocycles. The van der Waals surface area contributed by atoms with Crippen LogP contribution in [0.5, 0.6) is 11.5 Å². The van der Waals surface area contributed by atoms with Gasteiger partial charge >= 0.3 is 17.9 Å². The Bertz CT molecular complexity index is 1220. The van der Waals surface area contributed by atoms with E-state index in [1.807, 2.05) is 18.2 Å². The van der Waals surface area contributed by atoms with Gasteiger partial charge in [-0.15, -0.1) is 11.3 Å². The zero-order chi connectivity index (χ0) is 24.7. The summed E-state index contributed by atoms with van der Waals surface area (Å²) in [4.78, 5) is 49.1. The first kappa shape index (κ1) is 24.5. The molecule has 176 valence electrons. The van der Waals surface area contributed by atoms with Gasteiger partial charge in [-0.1, -0.05) is 24.3 Å². The SMILES string of the molecule is COC(=O)c1sc(NC(=O)COC(=O)c2cccc(Oc3ccccc3)c2)c(C(=O)OC)c1C. The van der Waals surface area contributed by atoms with Crippen molar-refractivity contribution in [2.75, 3.05) is 26.1 Å². The maximum atomic E-state index is 12.4. The lowest BCUT2D eigenvalue weighted by molar-refractivity contribution is -0.119. The van der Waals surface area contributed by atoms with Crippen LogP contribution in [0.15, 0.2) is 54.6 Å². The van der Waals surface area contributed by atoms with Crippen molar-refractivity contribution in [3.8, 4) is 11.5 Å². The fourth-order valence-electron chi connectivity index (χ4n) is 2.93. The molecule has 1 aromatic heterocycles. The maximum absolute atomic E-state index is 12.4. The predicted octanol–water partition coefficient (Wildman–Crippen LogP) is 4.22. The molecule has 10 heteroatoms. The average molecular weight is 483 g/mol. The minimum atomic E-state index is -0.737. The van der Waals surface area contributed by atoms with Crippen LogP contribution >= 0.6 is 11.3 Å². The van der Waals surface area contributed by atoms with Gasteiger partial charge < -0.3 is 24.3 Å². The Hall–Kier alpha value is -4.18. The van der Waals surface area contributed by atoms with E-state index in [0.717, 1.165) is 11.3 Å². The van der Waals surface area contributed by atoms with Crippen LogP contribution in [0.1, 0.15) is 36.0 Å². The number of rotatable bonds is 8. The second-order valence-corrected chi connectivity index (χ2v) is 7.83. The molecule has 0 spiro atoms. The molecule has 0 atom stereocenters. The van der Waals surface area contributed by atoms with Crippen LogP contribution in [0.2, 0.25) is 0 Å². The lowest BCUT2D eigenvalue weighted by atomic mass is 10.1. The van der Waals surface area contributed by atoms with E-state index in [1.54, 1.807) is 24.3 Å². The number of hydrogen-bond donors (Lipinski definition) is 1. The highest BCUT2D eigenvalue weighted by molar-refractivity contribution is 7.18. The van der Waals surface area contributed by atoms with E-state index < -0.39 is 30.4 Å². The van der Waals surface area contributed by atoms with E-state index in [-0.39, 0.29) is 21.0 Å². The van der Waals surface area contributed by atoms with Crippen molar-refractivity contribution < 1.29 is 38.1 Å². The van der Waals surface area contributed by atoms with Crippen molar-refractivity contribution in [2.24, 2.45) is 0 Å². The van der Waals surface area contributed by atoms with Gasteiger partial charge in [-0.3, -0.25) is 4.79 Å². The summed E-state index contributed by atoms with van der Waals surface area (Å²) in [5.41, 5.74) is 0.529. The molecule has 2 aromatic carbocycles. The van der Waals surface area contributed by atoms with Crippen LogP contribution < -0.4 is 10.1 Å². The number of carbonyl (C=O) groups is 4. The van der Waals surface area contributed by atoms with Crippen molar-refractivity contribution in [1.29, 1.82) is 0 Å². The Labute approximate surface area is 199 Å². The van der Waals surface area contributed by atoms with E-state index in [9.17, 15) is 19.2 Å². The van der Waals surface area contributed by atoms with E-state index in [1.165, 1.54) is 33.3 Å². The van der Waals surface area contributed by atoms with Crippen molar-refractivity contribution in [2.45, 2.75) is 6.92 Å². The van der Waals surface area contributed by atoms with Crippen LogP contribution in [-0.2, 0) is 19.0 Å². The molecule has 0 saturated heterocycles. The Morgan fingerprint density at radius 1 is 0.853 bits per heavy atom. The molecule has 0 saturated carbocycles. The molecule has 3 aromatic rings. The van der Waals surface area contributed by atoms with Gasteiger partial charge in [0, 0.05) is 0 Å². The van der Waals surface area contributed by atoms with Gasteiger partial charge in [0.05, 0.1) is 25.3 Å². The molecule has 0 unspecified atom stereocenters. The van der Waals surface area contributed by atoms with Gasteiger partial charge in [-0.05, 0) is 42.8 Å². The van der Waals surface area contributed by atoms with Gasteiger partial charge in [0.15, 0.2) is 6.61 Å². The van der Waals surface area contributed by atoms with Gasteiger partial charge in [0.1, 0.15) is 21.4 Å². The molecule has 9 nitrogen and oxygen atoms in total. The summed E-state index contributed by atoms with van der Waals surface area (Å²) in [5, 5.41) is 2.57. The van der Waals surface area contributed by atoms with Crippen molar-refractivity contribution >= 4 is 40.2 Å². The number of carbonyl (C=O) groups excluding carboxylic acids is 4. The Morgan fingerprint density at radius 3 is 2.21 bits per heavy atom. The Morgan fingerprint density at radius 2 is 1.53 bits per heavy atom. The van der Waals surface area contributed by atoms with Crippen LogP contribution in [0.3, 0.4) is 0 Å². The van der Waals surface area contributed by atoms with Crippen molar-refractivity contribution in [3.05, 3.63) is 76.2 Å². The molecule has 0 bridgehead atoms. The molecular formula is C24H21NO8S. The molecule has 1 heterocycles. The third-order valence-electron chi connectivity index (χ3n) is 4.54. The molecule has 1 amide bonds. The summed E-state index contributed by atoms with van der Waals surface area (Å²) < 4.78 is 20.2. The van der Waals surface area contributed by atoms with Gasteiger partial charge in [0.2, 0.25) is 0 Å². The minimum absolute atomic E-state index is 0.0262. The third kappa shape index (κ3) is 5.78. The summed E-state index contributed by atoms with van der Waals surface area (Å²) >= 11 is 0.860. The fourth-order valence-corrected chi connectivity index (χ4v) is 4.05. The minimum Gasteiger partial charge on any atom is -0.465 e. The predicted molar refractivity (Wildman–Crippen MR) is 124 cm³/mol. The number of para-hydroxylation sites is 1. The smallest absolute Gasteiger partial charge is 0.348 e. The number of esters is 3. The van der Waals surface area contributed by atoms with Crippen molar-refractivity contribution in [3.63, 3.8) is 0 Å². The van der Waals surface area contributed by atoms with Crippen LogP contribution in [-0.4, -0.2) is 44.6 Å². The quantitative estimate of drug-likeness (QED) is 0.374. The summed E-state index contributed by atoms with van der Waals surface area (Å²) in [5.74, 6) is -1.79. The average Bonchev–Trinajstić information content (AvgIpc) is 3.17. The van der Waals surface area contributed by atoms with Crippen LogP contribution in [0.25, 0.3) is 0 Å². The van der Waals surface area contributed by atoms with Gasteiger partial charge in [-0.25, -0.2) is 14.4 Å². The molecule has 0 aliphatic rings. The van der Waals surface area contributed by atoms with Crippen LogP contribution in [0, 0.1) is 6.92 Å². The van der Waals surface area contributed by atoms with E-state index in [2.05, 4.69) is 5.32 Å². The highest BCUT2D eigenvalue weighted by atomic mass is 32.1. The fraction of sp³-hybridized carbons (Fsp3) is 0.167. The zero-order valence-electron chi connectivity index (χ0n) is 18.6. The van der Waals surface area contributed by atoms with Crippen LogP contribution in [0.4, 0.5) is 5.00 Å². The summed E-state index contributed by atoms with van der Waals surface area (Å²) in [6.07, 6.45) is 0. The standard InChI is InChI=1S/C24H21NO8S/c1-14-19(23(28)30-2)21(34-20(14)24(29)31-3)25-18(26)13-32-22(27)15-8-7-11-17(12-15)33-16-9-5-4-6-10-16/h4-12H,13H2,1-3H3,(H,25,26). The second kappa shape index (κ2) is 11.1. The number of nitrogens with one attached hydrogen (secondary N) is 1. The monoisotopic (exact) mass is 483 g/mol. The first-order chi connectivity index (χ1) is 16.3. The maximum Gasteiger partial charge on any atom is 0.348 e. The Balaban J connectivity index is 1.66. The summed E-state index contributed by atoms with van der Waals surface area (Å²) in [6.45, 7) is 0.920. The van der Waals surface area contributed by atoms with E-state index in [0.29, 0.717) is 17.1 Å². The first-order valence-electron chi connectivity index (χ1n) is 9.94. The van der Waals surface area contributed by atoms with Gasteiger partial charge in [-0.2, -0.15) is 0 Å². The lowest BCUT2D eigenvalue weighted by Gasteiger charge is -2.09. The molecule has 0 fully saturated rings. The molecule has 3 rings (SSSR count). The number of methoxy groups -OCH3 is 2. The largest absolute Gasteiger partial charge is 0.465 e. The lowest BCUT2D eigenvalue weighted by Crippen LogP contribution is -2.21. The van der Waals surface area contributed by atoms with Crippen molar-refractivity contribution in [1.82, 2.24) is 0 Å². The number of hydrogen-bond acceptors (Lipinski definition) is 9. The first-order valence-corrected chi connectivity index (χ1v) is 10.8.